The molecule has 1 N–H and O–H groups in total. The van der Waals surface area contributed by atoms with Gasteiger partial charge in [-0.1, -0.05) is 13.8 Å². The van der Waals surface area contributed by atoms with Gasteiger partial charge in [0, 0.05) is 19.6 Å². The predicted molar refractivity (Wildman–Crippen MR) is 59.7 cm³/mol. The van der Waals surface area contributed by atoms with Crippen LogP contribution in [-0.4, -0.2) is 49.7 Å². The molecule has 4 heteroatoms. The molecular formula is C11H22N2O2. The number of ether oxygens (including phenoxy) is 1. The second-order valence-electron chi connectivity index (χ2n) is 4.00. The zero-order valence-electron chi connectivity index (χ0n) is 9.95. The third-order valence-electron chi connectivity index (χ3n) is 3.06. The number of carbonyl (C=O) groups excluding carboxylic acids is 1. The average Bonchev–Trinajstić information content (AvgIpc) is 2.30. The van der Waals surface area contributed by atoms with Gasteiger partial charge in [-0.25, -0.2) is 0 Å². The van der Waals surface area contributed by atoms with E-state index in [1.54, 1.807) is 0 Å². The molecule has 15 heavy (non-hydrogen) atoms. The van der Waals surface area contributed by atoms with Crippen LogP contribution in [0.1, 0.15) is 26.7 Å². The molecule has 1 atom stereocenters. The van der Waals surface area contributed by atoms with Gasteiger partial charge in [-0.15, -0.1) is 0 Å². The highest BCUT2D eigenvalue weighted by Gasteiger charge is 2.26. The minimum Gasteiger partial charge on any atom is -0.378 e. The summed E-state index contributed by atoms with van der Waals surface area (Å²) in [4.78, 5) is 13.9. The van der Waals surface area contributed by atoms with Gasteiger partial charge in [0.05, 0.1) is 13.2 Å². The van der Waals surface area contributed by atoms with Gasteiger partial charge in [0.25, 0.3) is 0 Å². The number of nitrogens with one attached hydrogen (secondary N) is 1. The van der Waals surface area contributed by atoms with Crippen molar-refractivity contribution >= 4 is 5.91 Å². The van der Waals surface area contributed by atoms with Crippen molar-refractivity contribution in [3.05, 3.63) is 0 Å². The van der Waals surface area contributed by atoms with Gasteiger partial charge >= 0.3 is 0 Å². The molecule has 1 amide bonds. The largest absolute Gasteiger partial charge is 0.378 e. The van der Waals surface area contributed by atoms with Crippen molar-refractivity contribution in [3.63, 3.8) is 0 Å². The van der Waals surface area contributed by atoms with Gasteiger partial charge in [-0.05, 0) is 12.8 Å². The Morgan fingerprint density at radius 1 is 1.53 bits per heavy atom. The standard InChI is InChI=1S/C11H22N2O2/c1-4-9(5-2)13(3)11(14)10-8-15-7-6-12-10/h9-10,12H,4-8H2,1-3H3. The summed E-state index contributed by atoms with van der Waals surface area (Å²) in [5.41, 5.74) is 0. The van der Waals surface area contributed by atoms with E-state index >= 15 is 0 Å². The number of morpholine rings is 1. The maximum Gasteiger partial charge on any atom is 0.242 e. The van der Waals surface area contributed by atoms with Crippen molar-refractivity contribution in [3.8, 4) is 0 Å². The minimum absolute atomic E-state index is 0.149. The Hall–Kier alpha value is -0.610. The molecule has 0 aromatic rings. The summed E-state index contributed by atoms with van der Waals surface area (Å²) >= 11 is 0. The number of hydrogen-bond donors (Lipinski definition) is 1. The van der Waals surface area contributed by atoms with E-state index in [1.165, 1.54) is 0 Å². The molecule has 0 radical (unpaired) electrons. The number of amides is 1. The van der Waals surface area contributed by atoms with Crippen LogP contribution in [0.2, 0.25) is 0 Å². The number of rotatable bonds is 4. The second-order valence-corrected chi connectivity index (χ2v) is 4.00. The van der Waals surface area contributed by atoms with Crippen molar-refractivity contribution in [2.24, 2.45) is 0 Å². The molecule has 0 aromatic heterocycles. The maximum atomic E-state index is 12.0. The van der Waals surface area contributed by atoms with Crippen LogP contribution in [0.4, 0.5) is 0 Å². The van der Waals surface area contributed by atoms with Crippen molar-refractivity contribution in [2.45, 2.75) is 38.8 Å². The third kappa shape index (κ3) is 3.18. The first-order valence-corrected chi connectivity index (χ1v) is 5.78. The Morgan fingerprint density at radius 3 is 2.67 bits per heavy atom. The molecule has 1 unspecified atom stereocenters. The predicted octanol–water partition coefficient (Wildman–Crippen LogP) is 0.622. The van der Waals surface area contributed by atoms with Crippen molar-refractivity contribution < 1.29 is 9.53 Å². The highest BCUT2D eigenvalue weighted by molar-refractivity contribution is 5.82. The molecular weight excluding hydrogens is 192 g/mol. The molecule has 0 aliphatic carbocycles. The molecule has 0 aromatic carbocycles. The van der Waals surface area contributed by atoms with E-state index in [0.717, 1.165) is 19.4 Å². The van der Waals surface area contributed by atoms with E-state index in [2.05, 4.69) is 19.2 Å². The molecule has 0 spiro atoms. The zero-order valence-corrected chi connectivity index (χ0v) is 9.95. The summed E-state index contributed by atoms with van der Waals surface area (Å²) in [5, 5.41) is 3.19. The van der Waals surface area contributed by atoms with E-state index in [0.29, 0.717) is 19.3 Å². The van der Waals surface area contributed by atoms with Crippen LogP contribution in [0, 0.1) is 0 Å². The summed E-state index contributed by atoms with van der Waals surface area (Å²) in [6.45, 7) is 6.21. The third-order valence-corrected chi connectivity index (χ3v) is 3.06. The summed E-state index contributed by atoms with van der Waals surface area (Å²) in [6.07, 6.45) is 2.01. The number of carbonyl (C=O) groups is 1. The molecule has 1 heterocycles. The summed E-state index contributed by atoms with van der Waals surface area (Å²) in [6, 6.07) is 0.200. The van der Waals surface area contributed by atoms with Gasteiger partial charge < -0.3 is 15.0 Å². The maximum absolute atomic E-state index is 12.0. The van der Waals surface area contributed by atoms with Gasteiger partial charge in [0.15, 0.2) is 0 Å². The van der Waals surface area contributed by atoms with Gasteiger partial charge in [-0.3, -0.25) is 4.79 Å². The Bertz CT molecular complexity index is 199. The van der Waals surface area contributed by atoms with Crippen molar-refractivity contribution in [1.29, 1.82) is 0 Å². The molecule has 1 aliphatic heterocycles. The van der Waals surface area contributed by atoms with E-state index < -0.39 is 0 Å². The monoisotopic (exact) mass is 214 g/mol. The molecule has 1 rings (SSSR count). The van der Waals surface area contributed by atoms with Crippen molar-refractivity contribution in [2.75, 3.05) is 26.8 Å². The molecule has 0 saturated carbocycles. The van der Waals surface area contributed by atoms with Crippen LogP contribution in [0.5, 0.6) is 0 Å². The Kier molecular flexibility index (Phi) is 5.05. The van der Waals surface area contributed by atoms with E-state index in [4.69, 9.17) is 4.74 Å². The molecule has 1 fully saturated rings. The highest BCUT2D eigenvalue weighted by atomic mass is 16.5. The summed E-state index contributed by atoms with van der Waals surface area (Å²) in [5.74, 6) is 0.156. The van der Waals surface area contributed by atoms with E-state index in [1.807, 2.05) is 11.9 Å². The lowest BCUT2D eigenvalue weighted by molar-refractivity contribution is -0.137. The summed E-state index contributed by atoms with van der Waals surface area (Å²) < 4.78 is 5.29. The Balaban J connectivity index is 2.49. The Labute approximate surface area is 92.0 Å². The fraction of sp³-hybridized carbons (Fsp3) is 0.909. The number of likely N-dealkylation sites (N-methyl/N-ethyl adjacent to an activating group) is 1. The molecule has 1 aliphatic rings. The van der Waals surface area contributed by atoms with Crippen molar-refractivity contribution in [1.82, 2.24) is 10.2 Å². The first-order valence-electron chi connectivity index (χ1n) is 5.78. The molecule has 4 nitrogen and oxygen atoms in total. The lowest BCUT2D eigenvalue weighted by Gasteiger charge is -2.32. The van der Waals surface area contributed by atoms with Crippen LogP contribution in [0.25, 0.3) is 0 Å². The van der Waals surface area contributed by atoms with Crippen LogP contribution in [0.15, 0.2) is 0 Å². The fourth-order valence-electron chi connectivity index (χ4n) is 1.99. The Morgan fingerprint density at radius 2 is 2.20 bits per heavy atom. The van der Waals surface area contributed by atoms with E-state index in [9.17, 15) is 4.79 Å². The second kappa shape index (κ2) is 6.08. The molecule has 88 valence electrons. The molecule has 0 bridgehead atoms. The smallest absolute Gasteiger partial charge is 0.242 e. The first-order chi connectivity index (χ1) is 7.20. The van der Waals surface area contributed by atoms with Crippen LogP contribution < -0.4 is 5.32 Å². The van der Waals surface area contributed by atoms with Crippen LogP contribution >= 0.6 is 0 Å². The topological polar surface area (TPSA) is 41.6 Å². The average molecular weight is 214 g/mol. The quantitative estimate of drug-likeness (QED) is 0.746. The van der Waals surface area contributed by atoms with Crippen LogP contribution in [0.3, 0.4) is 0 Å². The van der Waals surface area contributed by atoms with Gasteiger partial charge in [-0.2, -0.15) is 0 Å². The zero-order chi connectivity index (χ0) is 11.3. The number of hydrogen-bond acceptors (Lipinski definition) is 3. The van der Waals surface area contributed by atoms with Crippen LogP contribution in [-0.2, 0) is 9.53 Å². The fourth-order valence-corrected chi connectivity index (χ4v) is 1.99. The SMILES string of the molecule is CCC(CC)N(C)C(=O)C1COCCN1. The highest BCUT2D eigenvalue weighted by Crippen LogP contribution is 2.08. The normalized spacial score (nSPS) is 21.7. The first kappa shape index (κ1) is 12.5. The summed E-state index contributed by atoms with van der Waals surface area (Å²) in [7, 11) is 1.89. The lowest BCUT2D eigenvalue weighted by atomic mass is 10.1. The minimum atomic E-state index is -0.149. The van der Waals surface area contributed by atoms with Gasteiger partial charge in [0.1, 0.15) is 6.04 Å². The van der Waals surface area contributed by atoms with E-state index in [-0.39, 0.29) is 11.9 Å². The lowest BCUT2D eigenvalue weighted by Crippen LogP contribution is -2.53. The molecule has 1 saturated heterocycles. The van der Waals surface area contributed by atoms with Gasteiger partial charge in [0.2, 0.25) is 5.91 Å². The number of nitrogens with zero attached hydrogens (tertiary/aromatic N) is 1.